The second-order valence-electron chi connectivity index (χ2n) is 9.05. The minimum Gasteiger partial charge on any atom is -0.487 e. The highest BCUT2D eigenvalue weighted by atomic mass is 32.2. The predicted molar refractivity (Wildman–Crippen MR) is 132 cm³/mol. The molecule has 3 heterocycles. The van der Waals surface area contributed by atoms with Crippen LogP contribution in [-0.4, -0.2) is 49.3 Å². The van der Waals surface area contributed by atoms with Crippen molar-refractivity contribution in [2.45, 2.75) is 48.5 Å². The number of carbonyl (C=O) groups is 1. The van der Waals surface area contributed by atoms with Crippen molar-refractivity contribution in [2.24, 2.45) is 0 Å². The zero-order chi connectivity index (χ0) is 26.0. The van der Waals surface area contributed by atoms with Gasteiger partial charge in [0.1, 0.15) is 23.8 Å². The number of rotatable bonds is 8. The Morgan fingerprint density at radius 3 is 2.59 bits per heavy atom. The molecule has 9 nitrogen and oxygen atoms in total. The summed E-state index contributed by atoms with van der Waals surface area (Å²) in [7, 11) is -3.93. The Morgan fingerprint density at radius 2 is 1.86 bits per heavy atom. The summed E-state index contributed by atoms with van der Waals surface area (Å²) < 4.78 is 53.3. The molecule has 0 spiro atoms. The summed E-state index contributed by atoms with van der Waals surface area (Å²) in [6, 6.07) is 13.1. The second kappa shape index (κ2) is 10.4. The van der Waals surface area contributed by atoms with Crippen LogP contribution >= 0.6 is 0 Å². The van der Waals surface area contributed by atoms with Gasteiger partial charge in [0, 0.05) is 36.1 Å². The van der Waals surface area contributed by atoms with Crippen molar-refractivity contribution in [3.05, 3.63) is 83.9 Å². The zero-order valence-corrected chi connectivity index (χ0v) is 20.5. The number of aromatic nitrogens is 1. The highest BCUT2D eigenvalue weighted by Gasteiger charge is 2.46. The van der Waals surface area contributed by atoms with Gasteiger partial charge in [-0.25, -0.2) is 12.8 Å². The fraction of sp³-hybridized carbons (Fsp3) is 0.308. The molecule has 2 aliphatic rings. The molecular formula is C26H26FN3O6S. The summed E-state index contributed by atoms with van der Waals surface area (Å²) in [5.74, 6) is -0.339. The van der Waals surface area contributed by atoms with Gasteiger partial charge < -0.3 is 19.9 Å². The number of sulfonamides is 1. The zero-order valence-electron chi connectivity index (χ0n) is 19.7. The van der Waals surface area contributed by atoms with Gasteiger partial charge in [-0.2, -0.15) is 0 Å². The highest BCUT2D eigenvalue weighted by molar-refractivity contribution is 7.92. The van der Waals surface area contributed by atoms with Crippen LogP contribution < -0.4 is 14.8 Å². The number of amides is 1. The van der Waals surface area contributed by atoms with E-state index in [0.717, 1.165) is 23.3 Å². The van der Waals surface area contributed by atoms with Crippen LogP contribution in [0.4, 0.5) is 10.1 Å². The van der Waals surface area contributed by atoms with E-state index in [1.807, 2.05) is 12.1 Å². The number of nitrogens with zero attached hydrogens (tertiary/aromatic N) is 1. The molecule has 0 bridgehead atoms. The van der Waals surface area contributed by atoms with Crippen molar-refractivity contribution < 1.29 is 32.2 Å². The van der Waals surface area contributed by atoms with Crippen LogP contribution in [0.15, 0.2) is 71.9 Å². The number of ether oxygens (including phenoxy) is 2. The molecule has 3 aromatic rings. The molecule has 1 amide bonds. The van der Waals surface area contributed by atoms with Crippen molar-refractivity contribution in [3.8, 4) is 5.75 Å². The summed E-state index contributed by atoms with van der Waals surface area (Å²) >= 11 is 0. The van der Waals surface area contributed by atoms with Crippen LogP contribution in [0.1, 0.15) is 29.9 Å². The lowest BCUT2D eigenvalue weighted by molar-refractivity contribution is -0.142. The van der Waals surface area contributed by atoms with Crippen molar-refractivity contribution in [1.82, 2.24) is 10.3 Å². The third-order valence-electron chi connectivity index (χ3n) is 6.53. The maximum absolute atomic E-state index is 13.2. The maximum atomic E-state index is 13.2. The van der Waals surface area contributed by atoms with Gasteiger partial charge in [-0.05, 0) is 66.6 Å². The Morgan fingerprint density at radius 1 is 1.11 bits per heavy atom. The number of nitrogens with one attached hydrogen (secondary N) is 2. The van der Waals surface area contributed by atoms with Crippen LogP contribution in [0.3, 0.4) is 0 Å². The summed E-state index contributed by atoms with van der Waals surface area (Å²) in [5, 5.41) is 12.8. The fourth-order valence-corrected chi connectivity index (χ4v) is 5.81. The average molecular weight is 528 g/mol. The summed E-state index contributed by atoms with van der Waals surface area (Å²) in [4.78, 5) is 16.5. The SMILES string of the molecule is O=C(C[C@H]1C[C@@H]2c3cc(NS(=O)(=O)c4ccc(F)cc4)ccc3O[C@@H]2[C@H](CO)O1)NCc1ccncc1. The lowest BCUT2D eigenvalue weighted by Crippen LogP contribution is -2.47. The number of aliphatic hydroxyl groups excluding tert-OH is 1. The Kier molecular flexibility index (Phi) is 7.09. The second-order valence-corrected chi connectivity index (χ2v) is 10.7. The van der Waals surface area contributed by atoms with E-state index >= 15 is 0 Å². The first-order valence-electron chi connectivity index (χ1n) is 11.8. The van der Waals surface area contributed by atoms with E-state index in [-0.39, 0.29) is 29.7 Å². The minimum atomic E-state index is -3.93. The number of fused-ring (bicyclic) bond motifs is 3. The summed E-state index contributed by atoms with van der Waals surface area (Å²) in [6.07, 6.45) is 2.34. The molecule has 0 aliphatic carbocycles. The van der Waals surface area contributed by atoms with Crippen molar-refractivity contribution in [1.29, 1.82) is 0 Å². The van der Waals surface area contributed by atoms with Gasteiger partial charge in [0.2, 0.25) is 5.91 Å². The molecule has 2 aromatic carbocycles. The summed E-state index contributed by atoms with van der Waals surface area (Å²) in [6.45, 7) is 0.0847. The van der Waals surface area contributed by atoms with Gasteiger partial charge >= 0.3 is 0 Å². The molecule has 0 saturated carbocycles. The van der Waals surface area contributed by atoms with E-state index in [1.54, 1.807) is 30.6 Å². The minimum absolute atomic E-state index is 0.0622. The van der Waals surface area contributed by atoms with Crippen molar-refractivity contribution in [3.63, 3.8) is 0 Å². The van der Waals surface area contributed by atoms with Gasteiger partial charge in [-0.3, -0.25) is 14.5 Å². The summed E-state index contributed by atoms with van der Waals surface area (Å²) in [5.41, 5.74) is 2.02. The number of anilines is 1. The molecule has 4 atom stereocenters. The van der Waals surface area contributed by atoms with E-state index in [0.29, 0.717) is 24.4 Å². The van der Waals surface area contributed by atoms with E-state index in [9.17, 15) is 22.7 Å². The average Bonchev–Trinajstić information content (AvgIpc) is 3.25. The molecule has 5 rings (SSSR count). The van der Waals surface area contributed by atoms with E-state index in [2.05, 4.69) is 15.0 Å². The third-order valence-corrected chi connectivity index (χ3v) is 7.92. The first-order chi connectivity index (χ1) is 17.8. The molecule has 2 aliphatic heterocycles. The Hall–Kier alpha value is -3.54. The first kappa shape index (κ1) is 25.1. The number of hydrogen-bond acceptors (Lipinski definition) is 7. The Labute approximate surface area is 213 Å². The van der Waals surface area contributed by atoms with E-state index in [4.69, 9.17) is 9.47 Å². The van der Waals surface area contributed by atoms with Crippen LogP contribution in [0, 0.1) is 5.82 Å². The maximum Gasteiger partial charge on any atom is 0.261 e. The number of halogens is 1. The molecule has 0 radical (unpaired) electrons. The van der Waals surface area contributed by atoms with E-state index in [1.165, 1.54) is 12.1 Å². The third kappa shape index (κ3) is 5.58. The van der Waals surface area contributed by atoms with E-state index < -0.39 is 34.2 Å². The van der Waals surface area contributed by atoms with Crippen LogP contribution in [0.5, 0.6) is 5.75 Å². The molecule has 194 valence electrons. The Bertz CT molecular complexity index is 1370. The lowest BCUT2D eigenvalue weighted by atomic mass is 9.84. The fourth-order valence-electron chi connectivity index (χ4n) is 4.76. The molecule has 1 saturated heterocycles. The van der Waals surface area contributed by atoms with Gasteiger partial charge in [-0.1, -0.05) is 0 Å². The molecule has 1 fully saturated rings. The first-order valence-corrected chi connectivity index (χ1v) is 13.3. The number of hydrogen-bond donors (Lipinski definition) is 3. The quantitative estimate of drug-likeness (QED) is 0.411. The van der Waals surface area contributed by atoms with Crippen molar-refractivity contribution >= 4 is 21.6 Å². The van der Waals surface area contributed by atoms with Gasteiger partial charge in [-0.15, -0.1) is 0 Å². The highest BCUT2D eigenvalue weighted by Crippen LogP contribution is 2.47. The number of aliphatic hydroxyl groups is 1. The molecule has 11 heteroatoms. The number of pyridine rings is 1. The smallest absolute Gasteiger partial charge is 0.261 e. The van der Waals surface area contributed by atoms with Crippen LogP contribution in [0.2, 0.25) is 0 Å². The largest absolute Gasteiger partial charge is 0.487 e. The monoisotopic (exact) mass is 527 g/mol. The molecule has 1 aromatic heterocycles. The number of carbonyl (C=O) groups excluding carboxylic acids is 1. The number of benzene rings is 2. The topological polar surface area (TPSA) is 127 Å². The Balaban J connectivity index is 1.29. The predicted octanol–water partition coefficient (Wildman–Crippen LogP) is 2.72. The standard InChI is InChI=1S/C26H26FN3O6S/c27-17-1-4-20(5-2-17)37(33,34)30-18-3-6-23-21(11-18)22-12-19(35-24(15-31)26(22)36-23)13-25(32)29-14-16-7-9-28-10-8-16/h1-11,19,22,24,26,30-31H,12-15H2,(H,29,32)/t19-,22-,24+,26+/m1/s1. The molecule has 0 unspecified atom stereocenters. The molecular weight excluding hydrogens is 501 g/mol. The van der Waals surface area contributed by atoms with Crippen LogP contribution in [-0.2, 0) is 26.1 Å². The molecule has 37 heavy (non-hydrogen) atoms. The van der Waals surface area contributed by atoms with Gasteiger partial charge in [0.05, 0.1) is 24.0 Å². The van der Waals surface area contributed by atoms with Gasteiger partial charge in [0.15, 0.2) is 0 Å². The normalized spacial score (nSPS) is 22.4. The molecule has 3 N–H and O–H groups in total. The van der Waals surface area contributed by atoms with Gasteiger partial charge in [0.25, 0.3) is 10.0 Å². The lowest BCUT2D eigenvalue weighted by Gasteiger charge is -2.37. The van der Waals surface area contributed by atoms with Crippen LogP contribution in [0.25, 0.3) is 0 Å². The van der Waals surface area contributed by atoms with Crippen molar-refractivity contribution in [2.75, 3.05) is 11.3 Å².